The number of carbonyl (C=O) groups is 1. The Bertz CT molecular complexity index is 565. The van der Waals surface area contributed by atoms with Gasteiger partial charge in [-0.2, -0.15) is 0 Å². The first-order valence-corrected chi connectivity index (χ1v) is 8.46. The van der Waals surface area contributed by atoms with Gasteiger partial charge in [-0.25, -0.2) is 8.42 Å². The Morgan fingerprint density at radius 3 is 2.65 bits per heavy atom. The van der Waals surface area contributed by atoms with Crippen LogP contribution in [-0.4, -0.2) is 38.5 Å². The summed E-state index contributed by atoms with van der Waals surface area (Å²) in [5, 5.41) is 2.73. The van der Waals surface area contributed by atoms with Crippen molar-refractivity contribution >= 4 is 15.7 Å². The first-order valence-electron chi connectivity index (χ1n) is 6.64. The van der Waals surface area contributed by atoms with E-state index >= 15 is 0 Å². The molecule has 1 unspecified atom stereocenters. The van der Waals surface area contributed by atoms with E-state index in [9.17, 15) is 13.2 Å². The van der Waals surface area contributed by atoms with Crippen LogP contribution in [0.15, 0.2) is 24.3 Å². The van der Waals surface area contributed by atoms with Gasteiger partial charge in [0.2, 0.25) is 5.91 Å². The Balaban J connectivity index is 1.69. The fourth-order valence-corrected chi connectivity index (χ4v) is 3.78. The fourth-order valence-electron chi connectivity index (χ4n) is 2.10. The van der Waals surface area contributed by atoms with Crippen LogP contribution in [0.2, 0.25) is 0 Å². The van der Waals surface area contributed by atoms with E-state index in [1.165, 1.54) is 0 Å². The molecule has 1 atom stereocenters. The highest BCUT2D eigenvalue weighted by Crippen LogP contribution is 2.13. The lowest BCUT2D eigenvalue weighted by Crippen LogP contribution is -2.36. The third-order valence-electron chi connectivity index (χ3n) is 3.22. The summed E-state index contributed by atoms with van der Waals surface area (Å²) < 4.78 is 28.0. The highest BCUT2D eigenvalue weighted by molar-refractivity contribution is 7.91. The van der Waals surface area contributed by atoms with E-state index in [4.69, 9.17) is 4.74 Å². The quantitative estimate of drug-likeness (QED) is 0.882. The lowest BCUT2D eigenvalue weighted by Gasteiger charge is -2.11. The fraction of sp³-hybridized carbons (Fsp3) is 0.500. The largest absolute Gasteiger partial charge is 0.493 e. The van der Waals surface area contributed by atoms with Gasteiger partial charge >= 0.3 is 0 Å². The number of hydrogen-bond donors (Lipinski definition) is 1. The van der Waals surface area contributed by atoms with Crippen LogP contribution in [0, 0.1) is 6.92 Å². The van der Waals surface area contributed by atoms with E-state index in [1.807, 2.05) is 31.2 Å². The van der Waals surface area contributed by atoms with Crippen LogP contribution < -0.4 is 10.1 Å². The van der Waals surface area contributed by atoms with Crippen LogP contribution >= 0.6 is 0 Å². The molecule has 1 aromatic carbocycles. The van der Waals surface area contributed by atoms with Crippen molar-refractivity contribution in [2.45, 2.75) is 25.8 Å². The standard InChI is InChI=1S/C14H19NO4S/c1-11-2-4-13(5-3-11)19-8-6-14(16)15-12-7-9-20(17,18)10-12/h2-5,12H,6-10H2,1H3,(H,15,16). The first-order chi connectivity index (χ1) is 9.44. The number of benzene rings is 1. The van der Waals surface area contributed by atoms with Gasteiger partial charge in [-0.15, -0.1) is 0 Å². The van der Waals surface area contributed by atoms with Crippen LogP contribution in [0.4, 0.5) is 0 Å². The second-order valence-corrected chi connectivity index (χ2v) is 7.31. The van der Waals surface area contributed by atoms with Gasteiger partial charge in [0, 0.05) is 6.04 Å². The molecule has 0 saturated carbocycles. The molecule has 1 saturated heterocycles. The van der Waals surface area contributed by atoms with Gasteiger partial charge in [0.05, 0.1) is 24.5 Å². The molecule has 1 fully saturated rings. The van der Waals surface area contributed by atoms with Gasteiger partial charge in [0.1, 0.15) is 5.75 Å². The zero-order valence-corrected chi connectivity index (χ0v) is 12.3. The SMILES string of the molecule is Cc1ccc(OCCC(=O)NC2CCS(=O)(=O)C2)cc1. The molecule has 0 aliphatic carbocycles. The van der Waals surface area contributed by atoms with Gasteiger partial charge in [-0.05, 0) is 25.5 Å². The molecule has 1 aliphatic rings. The summed E-state index contributed by atoms with van der Waals surface area (Å²) >= 11 is 0. The van der Waals surface area contributed by atoms with Crippen molar-refractivity contribution in [2.24, 2.45) is 0 Å². The molecule has 0 bridgehead atoms. The molecule has 1 heterocycles. The number of hydrogen-bond acceptors (Lipinski definition) is 4. The van der Waals surface area contributed by atoms with Crippen molar-refractivity contribution in [1.29, 1.82) is 0 Å². The van der Waals surface area contributed by atoms with Gasteiger partial charge < -0.3 is 10.1 Å². The predicted octanol–water partition coefficient (Wildman–Crippen LogP) is 1.07. The number of amides is 1. The van der Waals surface area contributed by atoms with E-state index in [1.54, 1.807) is 0 Å². The van der Waals surface area contributed by atoms with E-state index in [2.05, 4.69) is 5.32 Å². The van der Waals surface area contributed by atoms with Crippen LogP contribution in [0.25, 0.3) is 0 Å². The summed E-state index contributed by atoms with van der Waals surface area (Å²) in [5.74, 6) is 0.779. The molecule has 20 heavy (non-hydrogen) atoms. The minimum atomic E-state index is -2.95. The van der Waals surface area contributed by atoms with E-state index in [0.29, 0.717) is 6.42 Å². The Kier molecular flexibility index (Phi) is 4.65. The number of carbonyl (C=O) groups excluding carboxylic acids is 1. The van der Waals surface area contributed by atoms with E-state index < -0.39 is 9.84 Å². The highest BCUT2D eigenvalue weighted by atomic mass is 32.2. The summed E-state index contributed by atoms with van der Waals surface area (Å²) in [4.78, 5) is 11.7. The molecule has 110 valence electrons. The number of sulfone groups is 1. The molecule has 1 amide bonds. The summed E-state index contributed by atoms with van der Waals surface area (Å²) in [5.41, 5.74) is 1.15. The number of aryl methyl sites for hydroxylation is 1. The Morgan fingerprint density at radius 1 is 1.35 bits per heavy atom. The van der Waals surface area contributed by atoms with E-state index in [0.717, 1.165) is 11.3 Å². The number of rotatable bonds is 5. The minimum Gasteiger partial charge on any atom is -0.493 e. The summed E-state index contributed by atoms with van der Waals surface area (Å²) in [7, 11) is -2.95. The van der Waals surface area contributed by atoms with Crippen molar-refractivity contribution in [2.75, 3.05) is 18.1 Å². The monoisotopic (exact) mass is 297 g/mol. The van der Waals surface area contributed by atoms with Crippen molar-refractivity contribution in [1.82, 2.24) is 5.32 Å². The number of nitrogens with one attached hydrogen (secondary N) is 1. The van der Waals surface area contributed by atoms with Gasteiger partial charge in [-0.3, -0.25) is 4.79 Å². The zero-order valence-electron chi connectivity index (χ0n) is 11.5. The maximum absolute atomic E-state index is 11.7. The third kappa shape index (κ3) is 4.52. The van der Waals surface area contributed by atoms with E-state index in [-0.39, 0.29) is 36.5 Å². The highest BCUT2D eigenvalue weighted by Gasteiger charge is 2.28. The molecule has 1 aromatic rings. The number of ether oxygens (including phenoxy) is 1. The molecule has 0 radical (unpaired) electrons. The maximum Gasteiger partial charge on any atom is 0.223 e. The lowest BCUT2D eigenvalue weighted by atomic mass is 10.2. The van der Waals surface area contributed by atoms with Crippen molar-refractivity contribution < 1.29 is 17.9 Å². The molecule has 1 N–H and O–H groups in total. The first kappa shape index (κ1) is 14.8. The molecular weight excluding hydrogens is 278 g/mol. The molecule has 1 aliphatic heterocycles. The Morgan fingerprint density at radius 2 is 2.05 bits per heavy atom. The van der Waals surface area contributed by atoms with Crippen LogP contribution in [0.1, 0.15) is 18.4 Å². The molecular formula is C14H19NO4S. The van der Waals surface area contributed by atoms with Gasteiger partial charge in [-0.1, -0.05) is 17.7 Å². The Hall–Kier alpha value is -1.56. The summed E-state index contributed by atoms with van der Waals surface area (Å²) in [6.45, 7) is 2.28. The smallest absolute Gasteiger partial charge is 0.223 e. The van der Waals surface area contributed by atoms with Crippen LogP contribution in [-0.2, 0) is 14.6 Å². The van der Waals surface area contributed by atoms with Crippen molar-refractivity contribution in [3.05, 3.63) is 29.8 Å². The average molecular weight is 297 g/mol. The average Bonchev–Trinajstić information content (AvgIpc) is 2.71. The molecule has 6 heteroatoms. The Labute approximate surface area is 119 Å². The maximum atomic E-state index is 11.7. The zero-order chi connectivity index (χ0) is 14.6. The van der Waals surface area contributed by atoms with Crippen molar-refractivity contribution in [3.63, 3.8) is 0 Å². The molecule has 0 aromatic heterocycles. The molecule has 5 nitrogen and oxygen atoms in total. The second-order valence-electron chi connectivity index (χ2n) is 5.08. The molecule has 0 spiro atoms. The normalized spacial score (nSPS) is 20.6. The van der Waals surface area contributed by atoms with Gasteiger partial charge in [0.25, 0.3) is 0 Å². The molecule has 2 rings (SSSR count). The van der Waals surface area contributed by atoms with Gasteiger partial charge in [0.15, 0.2) is 9.84 Å². The summed E-state index contributed by atoms with van der Waals surface area (Å²) in [6, 6.07) is 7.36. The summed E-state index contributed by atoms with van der Waals surface area (Å²) in [6.07, 6.45) is 0.733. The second kappa shape index (κ2) is 6.26. The minimum absolute atomic E-state index is 0.0531. The third-order valence-corrected chi connectivity index (χ3v) is 4.98. The van der Waals surface area contributed by atoms with Crippen LogP contribution in [0.5, 0.6) is 5.75 Å². The topological polar surface area (TPSA) is 72.5 Å². The lowest BCUT2D eigenvalue weighted by molar-refractivity contribution is -0.122. The van der Waals surface area contributed by atoms with Crippen molar-refractivity contribution in [3.8, 4) is 5.75 Å². The van der Waals surface area contributed by atoms with Crippen LogP contribution in [0.3, 0.4) is 0 Å². The predicted molar refractivity (Wildman–Crippen MR) is 76.5 cm³/mol.